The lowest BCUT2D eigenvalue weighted by Crippen LogP contribution is -2.72. The molecule has 198 valence electrons. The third-order valence-corrected chi connectivity index (χ3v) is 12.8. The van der Waals surface area contributed by atoms with Gasteiger partial charge in [-0.3, -0.25) is 4.79 Å². The minimum atomic E-state index is -0.906. The van der Waals surface area contributed by atoms with Crippen molar-refractivity contribution in [3.8, 4) is 0 Å². The number of ether oxygens (including phenoxy) is 3. The van der Waals surface area contributed by atoms with Crippen molar-refractivity contribution in [1.82, 2.24) is 0 Å². The molecule has 2 saturated heterocycles. The molecule has 2 aliphatic heterocycles. The second-order valence-electron chi connectivity index (χ2n) is 14.5. The highest BCUT2D eigenvalue weighted by molar-refractivity contribution is 5.66. The molecule has 0 amide bonds. The van der Waals surface area contributed by atoms with Gasteiger partial charge in [-0.2, -0.15) is 0 Å². The lowest BCUT2D eigenvalue weighted by atomic mass is 9.42. The first-order chi connectivity index (χ1) is 16.3. The molecule has 10 unspecified atom stereocenters. The van der Waals surface area contributed by atoms with Crippen molar-refractivity contribution in [3.63, 3.8) is 0 Å². The Bertz CT molecular complexity index is 903. The van der Waals surface area contributed by atoms with Gasteiger partial charge in [0.2, 0.25) is 0 Å². The van der Waals surface area contributed by atoms with E-state index in [1.54, 1.807) is 0 Å². The van der Waals surface area contributed by atoms with Crippen LogP contribution in [0.4, 0.5) is 0 Å². The number of carbonyl (C=O) groups is 1. The molecule has 6 rings (SSSR count). The number of hydrogen-bond donors (Lipinski definition) is 1. The summed E-state index contributed by atoms with van der Waals surface area (Å²) in [5.41, 5.74) is -1.60. The van der Waals surface area contributed by atoms with Gasteiger partial charge in [-0.15, -0.1) is 0 Å². The number of hydrogen-bond acceptors (Lipinski definition) is 5. The zero-order chi connectivity index (χ0) is 25.2. The summed E-state index contributed by atoms with van der Waals surface area (Å²) in [7, 11) is 0. The molecule has 2 spiro atoms. The average molecular weight is 489 g/mol. The molecule has 6 fully saturated rings. The Morgan fingerprint density at radius 1 is 1.00 bits per heavy atom. The van der Waals surface area contributed by atoms with Gasteiger partial charge in [-0.05, 0) is 67.1 Å². The topological polar surface area (TPSA) is 71.6 Å². The van der Waals surface area contributed by atoms with Crippen LogP contribution in [0.3, 0.4) is 0 Å². The summed E-state index contributed by atoms with van der Waals surface area (Å²) in [4.78, 5) is 11.6. The summed E-state index contributed by atoms with van der Waals surface area (Å²) < 4.78 is 19.2. The van der Waals surface area contributed by atoms with Crippen LogP contribution in [0.25, 0.3) is 0 Å². The summed E-state index contributed by atoms with van der Waals surface area (Å²) in [5, 5.41) is 12.1. The van der Waals surface area contributed by atoms with E-state index in [9.17, 15) is 9.90 Å². The van der Waals surface area contributed by atoms with E-state index >= 15 is 0 Å². The number of fused-ring (bicyclic) bond motifs is 2. The lowest BCUT2D eigenvalue weighted by molar-refractivity contribution is -0.209. The normalized spacial score (nSPS) is 55.1. The van der Waals surface area contributed by atoms with Crippen LogP contribution in [-0.4, -0.2) is 46.2 Å². The lowest BCUT2D eigenvalue weighted by Gasteiger charge is -2.60. The van der Waals surface area contributed by atoms with Crippen LogP contribution in [-0.2, 0) is 19.0 Å². The van der Waals surface area contributed by atoms with Crippen LogP contribution in [0, 0.1) is 40.4 Å². The van der Waals surface area contributed by atoms with Gasteiger partial charge < -0.3 is 19.3 Å². The van der Waals surface area contributed by atoms with E-state index in [2.05, 4.69) is 41.5 Å². The fourth-order valence-corrected chi connectivity index (χ4v) is 10.4. The Morgan fingerprint density at radius 3 is 2.43 bits per heavy atom. The third-order valence-electron chi connectivity index (χ3n) is 12.8. The highest BCUT2D eigenvalue weighted by Crippen LogP contribution is 2.84. The summed E-state index contributed by atoms with van der Waals surface area (Å²) in [6.45, 7) is 15.9. The van der Waals surface area contributed by atoms with Crippen molar-refractivity contribution in [2.75, 3.05) is 0 Å². The largest absolute Gasteiger partial charge is 0.462 e. The Hall–Kier alpha value is -0.650. The van der Waals surface area contributed by atoms with Crippen LogP contribution in [0.15, 0.2) is 0 Å². The van der Waals surface area contributed by atoms with Crippen molar-refractivity contribution in [2.24, 2.45) is 40.4 Å². The highest BCUT2D eigenvalue weighted by atomic mass is 16.7. The number of rotatable bonds is 6. The number of esters is 1. The van der Waals surface area contributed by atoms with Crippen molar-refractivity contribution in [1.29, 1.82) is 0 Å². The molecule has 0 radical (unpaired) electrons. The standard InChI is InChI=1S/C30H48O5/c1-17(2)18(3)8-9-19(4)22-10-11-23-26(22,6)15-25-30(35-25)27(7)13-12-21(33-20(5)31)14-28(27,32)16-24-29(23,30)34-24/h17-19,21-25,32H,8-16H2,1-7H3/t18-,19+,21?,22?,23?,24?,25?,26?,27?,28?,29?,30?/m0/s1. The van der Waals surface area contributed by atoms with E-state index in [0.717, 1.165) is 42.9 Å². The van der Waals surface area contributed by atoms with Crippen molar-refractivity contribution in [3.05, 3.63) is 0 Å². The maximum atomic E-state index is 12.1. The van der Waals surface area contributed by atoms with Gasteiger partial charge in [0.05, 0.1) is 17.8 Å². The van der Waals surface area contributed by atoms with Crippen molar-refractivity contribution in [2.45, 2.75) is 141 Å². The molecule has 35 heavy (non-hydrogen) atoms. The van der Waals surface area contributed by atoms with E-state index in [4.69, 9.17) is 14.2 Å². The zero-order valence-corrected chi connectivity index (χ0v) is 23.1. The third kappa shape index (κ3) is 2.95. The number of epoxide rings is 2. The average Bonchev–Trinajstić information content (AvgIpc) is 3.63. The van der Waals surface area contributed by atoms with Crippen LogP contribution < -0.4 is 0 Å². The second-order valence-corrected chi connectivity index (χ2v) is 14.5. The van der Waals surface area contributed by atoms with Crippen LogP contribution in [0.2, 0.25) is 0 Å². The zero-order valence-electron chi connectivity index (χ0n) is 23.1. The SMILES string of the molecule is CC(=O)OC1CCC2(C)C(O)(C1)CC1OC13C1CCC([C@H](C)CC[C@H](C)C(C)C)C1(C)CC1OC132. The molecule has 0 aromatic heterocycles. The molecule has 4 aliphatic carbocycles. The molecule has 0 bridgehead atoms. The van der Waals surface area contributed by atoms with Crippen LogP contribution in [0.1, 0.15) is 106 Å². The summed E-state index contributed by atoms with van der Waals surface area (Å²) in [6, 6.07) is 0. The fraction of sp³-hybridized carbons (Fsp3) is 0.967. The first-order valence-electron chi connectivity index (χ1n) is 14.6. The monoisotopic (exact) mass is 488 g/mol. The van der Waals surface area contributed by atoms with E-state index in [1.165, 1.54) is 32.6 Å². The predicted molar refractivity (Wildman–Crippen MR) is 134 cm³/mol. The molecule has 0 aromatic rings. The fourth-order valence-electron chi connectivity index (χ4n) is 10.4. The first-order valence-corrected chi connectivity index (χ1v) is 14.6. The number of aliphatic hydroxyl groups is 1. The minimum absolute atomic E-state index is 0.0706. The smallest absolute Gasteiger partial charge is 0.302 e. The Balaban J connectivity index is 1.26. The van der Waals surface area contributed by atoms with Gasteiger partial charge in [0.15, 0.2) is 0 Å². The maximum Gasteiger partial charge on any atom is 0.302 e. The van der Waals surface area contributed by atoms with Gasteiger partial charge in [0.1, 0.15) is 17.3 Å². The molecule has 12 atom stereocenters. The molecule has 5 nitrogen and oxygen atoms in total. The Labute approximate surface area is 212 Å². The van der Waals surface area contributed by atoms with E-state index in [0.29, 0.717) is 18.8 Å². The van der Waals surface area contributed by atoms with Gasteiger partial charge in [0.25, 0.3) is 0 Å². The van der Waals surface area contributed by atoms with Crippen molar-refractivity contribution < 1.29 is 24.1 Å². The Kier molecular flexibility index (Phi) is 5.27. The van der Waals surface area contributed by atoms with Gasteiger partial charge >= 0.3 is 5.97 Å². The first kappa shape index (κ1) is 24.7. The van der Waals surface area contributed by atoms with E-state index in [1.807, 2.05) is 0 Å². The maximum absolute atomic E-state index is 12.1. The summed E-state index contributed by atoms with van der Waals surface area (Å²) in [6.07, 6.45) is 9.09. The Morgan fingerprint density at radius 2 is 1.74 bits per heavy atom. The molecule has 1 N–H and O–H groups in total. The quantitative estimate of drug-likeness (QED) is 0.386. The molecular weight excluding hydrogens is 440 g/mol. The summed E-state index contributed by atoms with van der Waals surface area (Å²) in [5.74, 6) is 3.24. The van der Waals surface area contributed by atoms with Gasteiger partial charge in [-0.1, -0.05) is 54.4 Å². The second kappa shape index (κ2) is 7.47. The minimum Gasteiger partial charge on any atom is -0.462 e. The van der Waals surface area contributed by atoms with Gasteiger partial charge in [0, 0.05) is 25.2 Å². The predicted octanol–water partition coefficient (Wildman–Crippen LogP) is 5.66. The molecule has 0 aromatic carbocycles. The number of carbonyl (C=O) groups excluding carboxylic acids is 1. The molecule has 5 heteroatoms. The molecule has 2 heterocycles. The molecule has 4 saturated carbocycles. The van der Waals surface area contributed by atoms with Crippen molar-refractivity contribution >= 4 is 5.97 Å². The van der Waals surface area contributed by atoms with Crippen LogP contribution >= 0.6 is 0 Å². The van der Waals surface area contributed by atoms with Crippen LogP contribution in [0.5, 0.6) is 0 Å². The highest BCUT2D eigenvalue weighted by Gasteiger charge is 2.96. The molecular formula is C30H48O5. The van der Waals surface area contributed by atoms with E-state index < -0.39 is 5.60 Å². The van der Waals surface area contributed by atoms with E-state index in [-0.39, 0.29) is 46.3 Å². The molecule has 6 aliphatic rings. The van der Waals surface area contributed by atoms with Gasteiger partial charge in [-0.25, -0.2) is 0 Å². The summed E-state index contributed by atoms with van der Waals surface area (Å²) >= 11 is 0.